The average molecular weight is 423 g/mol. The number of aryl methyl sites for hydroxylation is 1. The first kappa shape index (κ1) is 21.0. The fourth-order valence-corrected chi connectivity index (χ4v) is 5.03. The summed E-state index contributed by atoms with van der Waals surface area (Å²) in [7, 11) is 0. The lowest BCUT2D eigenvalue weighted by molar-refractivity contribution is -0.385. The maximum absolute atomic E-state index is 13.6. The standard InChI is InChI=1S/C23H25N3O5/c1-13-10-11-14(12-19(13)26(30)31)21-20(23(28)29)15-6-2-3-7-16(15)22(27)25(21)18-9-5-4-8-17(18)24/h2-3,6-7,10-12,17-18,20-21H,4-5,8-9,24H2,1H3,(H,28,29). The highest BCUT2D eigenvalue weighted by Crippen LogP contribution is 2.46. The predicted octanol–water partition coefficient (Wildman–Crippen LogP) is 3.54. The van der Waals surface area contributed by atoms with Crippen LogP contribution in [0.3, 0.4) is 0 Å². The molecule has 2 aromatic carbocycles. The van der Waals surface area contributed by atoms with E-state index in [0.717, 1.165) is 19.3 Å². The lowest BCUT2D eigenvalue weighted by Crippen LogP contribution is -2.56. The predicted molar refractivity (Wildman–Crippen MR) is 114 cm³/mol. The molecule has 8 heteroatoms. The second kappa shape index (κ2) is 8.11. The van der Waals surface area contributed by atoms with Crippen LogP contribution in [0.4, 0.5) is 5.69 Å². The van der Waals surface area contributed by atoms with Crippen LogP contribution in [0, 0.1) is 17.0 Å². The summed E-state index contributed by atoms with van der Waals surface area (Å²) in [6, 6.07) is 9.92. The first-order chi connectivity index (χ1) is 14.8. The monoisotopic (exact) mass is 423 g/mol. The van der Waals surface area contributed by atoms with Crippen LogP contribution in [0.15, 0.2) is 42.5 Å². The van der Waals surface area contributed by atoms with Gasteiger partial charge in [-0.05, 0) is 37.0 Å². The van der Waals surface area contributed by atoms with Gasteiger partial charge in [-0.15, -0.1) is 0 Å². The number of carbonyl (C=O) groups excluding carboxylic acids is 1. The number of fused-ring (bicyclic) bond motifs is 1. The fraction of sp³-hybridized carbons (Fsp3) is 0.391. The summed E-state index contributed by atoms with van der Waals surface area (Å²) >= 11 is 0. The third-order valence-corrected chi connectivity index (χ3v) is 6.55. The van der Waals surface area contributed by atoms with E-state index in [1.165, 1.54) is 6.07 Å². The highest BCUT2D eigenvalue weighted by Gasteiger charge is 2.48. The van der Waals surface area contributed by atoms with Gasteiger partial charge in [-0.25, -0.2) is 0 Å². The smallest absolute Gasteiger partial charge is 0.313 e. The second-order valence-corrected chi connectivity index (χ2v) is 8.38. The summed E-state index contributed by atoms with van der Waals surface area (Å²) in [4.78, 5) is 38.8. The largest absolute Gasteiger partial charge is 0.481 e. The number of nitrogens with zero attached hydrogens (tertiary/aromatic N) is 2. The van der Waals surface area contributed by atoms with Crippen molar-refractivity contribution in [3.05, 3.63) is 74.8 Å². The van der Waals surface area contributed by atoms with E-state index in [2.05, 4.69) is 0 Å². The fourth-order valence-electron chi connectivity index (χ4n) is 5.03. The molecule has 0 radical (unpaired) electrons. The van der Waals surface area contributed by atoms with Gasteiger partial charge >= 0.3 is 5.97 Å². The number of aliphatic carboxylic acids is 1. The Hall–Kier alpha value is -3.26. The van der Waals surface area contributed by atoms with Crippen LogP contribution in [0.1, 0.15) is 64.7 Å². The van der Waals surface area contributed by atoms with E-state index in [1.807, 2.05) is 0 Å². The van der Waals surface area contributed by atoms with Gasteiger partial charge in [0.05, 0.1) is 11.0 Å². The zero-order valence-corrected chi connectivity index (χ0v) is 17.2. The Morgan fingerprint density at radius 3 is 2.58 bits per heavy atom. The van der Waals surface area contributed by atoms with E-state index in [9.17, 15) is 24.8 Å². The molecule has 2 aromatic rings. The molecule has 4 unspecified atom stereocenters. The number of benzene rings is 2. The third-order valence-electron chi connectivity index (χ3n) is 6.55. The topological polar surface area (TPSA) is 127 Å². The molecular formula is C23H25N3O5. The minimum atomic E-state index is -1.08. The van der Waals surface area contributed by atoms with Gasteiger partial charge in [0.25, 0.3) is 11.6 Å². The first-order valence-electron chi connectivity index (χ1n) is 10.5. The van der Waals surface area contributed by atoms with Crippen LogP contribution >= 0.6 is 0 Å². The quantitative estimate of drug-likeness (QED) is 0.572. The van der Waals surface area contributed by atoms with Crippen molar-refractivity contribution in [2.75, 3.05) is 0 Å². The number of carbonyl (C=O) groups is 2. The Kier molecular flexibility index (Phi) is 5.49. The summed E-state index contributed by atoms with van der Waals surface area (Å²) < 4.78 is 0. The highest BCUT2D eigenvalue weighted by molar-refractivity contribution is 6.00. The van der Waals surface area contributed by atoms with Crippen molar-refractivity contribution in [1.82, 2.24) is 4.90 Å². The van der Waals surface area contributed by atoms with E-state index in [0.29, 0.717) is 28.7 Å². The van der Waals surface area contributed by atoms with E-state index in [1.54, 1.807) is 48.2 Å². The van der Waals surface area contributed by atoms with Gasteiger partial charge in [0.15, 0.2) is 0 Å². The molecule has 3 N–H and O–H groups in total. The van der Waals surface area contributed by atoms with Gasteiger partial charge in [0.1, 0.15) is 5.92 Å². The van der Waals surface area contributed by atoms with Gasteiger partial charge in [-0.3, -0.25) is 19.7 Å². The highest BCUT2D eigenvalue weighted by atomic mass is 16.6. The van der Waals surface area contributed by atoms with Crippen LogP contribution in [0.2, 0.25) is 0 Å². The number of amides is 1. The van der Waals surface area contributed by atoms with Crippen molar-refractivity contribution >= 4 is 17.6 Å². The Labute approximate surface area is 179 Å². The Morgan fingerprint density at radius 1 is 1.19 bits per heavy atom. The van der Waals surface area contributed by atoms with Gasteiger partial charge in [0, 0.05) is 29.3 Å². The van der Waals surface area contributed by atoms with Gasteiger partial charge in [-0.2, -0.15) is 0 Å². The zero-order chi connectivity index (χ0) is 22.3. The number of nitrogens with two attached hydrogens (primary N) is 1. The molecule has 1 saturated carbocycles. The summed E-state index contributed by atoms with van der Waals surface area (Å²) in [6.45, 7) is 1.63. The molecule has 4 atom stereocenters. The van der Waals surface area contributed by atoms with Crippen LogP contribution < -0.4 is 5.73 Å². The minimum Gasteiger partial charge on any atom is -0.481 e. The molecule has 1 amide bonds. The molecule has 1 aliphatic carbocycles. The van der Waals surface area contributed by atoms with E-state index in [-0.39, 0.29) is 23.7 Å². The van der Waals surface area contributed by atoms with Crippen LogP contribution in [-0.2, 0) is 4.79 Å². The molecule has 2 aliphatic rings. The van der Waals surface area contributed by atoms with Crippen molar-refractivity contribution < 1.29 is 19.6 Å². The minimum absolute atomic E-state index is 0.0964. The molecule has 8 nitrogen and oxygen atoms in total. The van der Waals surface area contributed by atoms with Gasteiger partial charge in [0.2, 0.25) is 0 Å². The van der Waals surface area contributed by atoms with Crippen LogP contribution in [0.5, 0.6) is 0 Å². The first-order valence-corrected chi connectivity index (χ1v) is 10.5. The summed E-state index contributed by atoms with van der Waals surface area (Å²) in [5, 5.41) is 21.8. The lowest BCUT2D eigenvalue weighted by Gasteiger charge is -2.47. The van der Waals surface area contributed by atoms with Crippen molar-refractivity contribution in [3.63, 3.8) is 0 Å². The van der Waals surface area contributed by atoms with Crippen molar-refractivity contribution in [2.45, 2.75) is 56.7 Å². The van der Waals surface area contributed by atoms with E-state index < -0.39 is 22.9 Å². The van der Waals surface area contributed by atoms with Gasteiger partial charge in [-0.1, -0.05) is 43.2 Å². The molecule has 0 bridgehead atoms. The Morgan fingerprint density at radius 2 is 1.90 bits per heavy atom. The summed E-state index contributed by atoms with van der Waals surface area (Å²) in [5.74, 6) is -2.41. The molecule has 1 heterocycles. The molecule has 1 fully saturated rings. The normalized spacial score (nSPS) is 25.7. The van der Waals surface area contributed by atoms with Crippen molar-refractivity contribution in [3.8, 4) is 0 Å². The van der Waals surface area contributed by atoms with Gasteiger partial charge < -0.3 is 15.7 Å². The lowest BCUT2D eigenvalue weighted by atomic mass is 9.77. The van der Waals surface area contributed by atoms with E-state index >= 15 is 0 Å². The number of hydrogen-bond donors (Lipinski definition) is 2. The molecule has 1 aliphatic heterocycles. The number of nitro benzene ring substituents is 1. The zero-order valence-electron chi connectivity index (χ0n) is 17.2. The molecule has 0 aromatic heterocycles. The Bertz CT molecular complexity index is 1050. The van der Waals surface area contributed by atoms with Crippen LogP contribution in [-0.4, -0.2) is 38.9 Å². The molecule has 4 rings (SSSR count). The van der Waals surface area contributed by atoms with E-state index in [4.69, 9.17) is 5.73 Å². The molecule has 162 valence electrons. The average Bonchev–Trinajstić information content (AvgIpc) is 2.74. The molecular weight excluding hydrogens is 398 g/mol. The number of carboxylic acid groups (broad SMARTS) is 1. The number of nitro groups is 1. The summed E-state index contributed by atoms with van der Waals surface area (Å²) in [6.07, 6.45) is 3.27. The number of carboxylic acids is 1. The maximum atomic E-state index is 13.6. The SMILES string of the molecule is Cc1ccc(C2C(C(=O)O)c3ccccc3C(=O)N2C2CCCCC2N)cc1[N+](=O)[O-]. The molecule has 0 spiro atoms. The number of hydrogen-bond acceptors (Lipinski definition) is 5. The maximum Gasteiger partial charge on any atom is 0.313 e. The molecule has 31 heavy (non-hydrogen) atoms. The Balaban J connectivity index is 1.95. The molecule has 0 saturated heterocycles. The van der Waals surface area contributed by atoms with Crippen LogP contribution in [0.25, 0.3) is 0 Å². The summed E-state index contributed by atoms with van der Waals surface area (Å²) in [5.41, 5.74) is 8.00. The second-order valence-electron chi connectivity index (χ2n) is 8.38. The van der Waals surface area contributed by atoms with Crippen molar-refractivity contribution in [1.29, 1.82) is 0 Å². The number of rotatable bonds is 4. The third kappa shape index (κ3) is 3.57. The van der Waals surface area contributed by atoms with Crippen molar-refractivity contribution in [2.24, 2.45) is 5.73 Å².